The highest BCUT2D eigenvalue weighted by atomic mass is 35.5. The highest BCUT2D eigenvalue weighted by Crippen LogP contribution is 2.17. The maximum Gasteiger partial charge on any atom is 0.241 e. The molecule has 1 amide bonds. The van der Waals surface area contributed by atoms with Crippen LogP contribution in [-0.2, 0) is 4.79 Å². The van der Waals surface area contributed by atoms with E-state index in [1.165, 1.54) is 5.56 Å². The summed E-state index contributed by atoms with van der Waals surface area (Å²) < 4.78 is 0. The van der Waals surface area contributed by atoms with E-state index in [0.29, 0.717) is 0 Å². The minimum atomic E-state index is -0.0132. The van der Waals surface area contributed by atoms with Gasteiger partial charge in [-0.25, -0.2) is 0 Å². The van der Waals surface area contributed by atoms with Crippen LogP contribution >= 0.6 is 12.4 Å². The van der Waals surface area contributed by atoms with E-state index in [1.807, 2.05) is 19.1 Å². The molecule has 1 fully saturated rings. The van der Waals surface area contributed by atoms with Gasteiger partial charge in [0.1, 0.15) is 0 Å². The van der Waals surface area contributed by atoms with Gasteiger partial charge in [-0.3, -0.25) is 4.79 Å². The number of aryl methyl sites for hydroxylation is 2. The van der Waals surface area contributed by atoms with Gasteiger partial charge in [0, 0.05) is 5.69 Å². The first-order valence-corrected chi connectivity index (χ1v) is 5.78. The largest absolute Gasteiger partial charge is 0.324 e. The Labute approximate surface area is 108 Å². The van der Waals surface area contributed by atoms with Gasteiger partial charge in [-0.1, -0.05) is 17.7 Å². The van der Waals surface area contributed by atoms with Gasteiger partial charge in [-0.05, 0) is 44.9 Å². The maximum absolute atomic E-state index is 11.9. The molecular weight excluding hydrogens is 236 g/mol. The Bertz CT molecular complexity index is 400. The smallest absolute Gasteiger partial charge is 0.241 e. The third kappa shape index (κ3) is 3.45. The lowest BCUT2D eigenvalue weighted by atomic mass is 10.1. The van der Waals surface area contributed by atoms with Crippen LogP contribution in [0.5, 0.6) is 0 Å². The molecule has 0 spiro atoms. The number of amides is 1. The summed E-state index contributed by atoms with van der Waals surface area (Å²) in [4.78, 5) is 11.9. The van der Waals surface area contributed by atoms with E-state index in [1.54, 1.807) is 0 Å². The fourth-order valence-corrected chi connectivity index (χ4v) is 2.08. The summed E-state index contributed by atoms with van der Waals surface area (Å²) in [6.45, 7) is 5.02. The van der Waals surface area contributed by atoms with Gasteiger partial charge < -0.3 is 10.6 Å². The minimum Gasteiger partial charge on any atom is -0.324 e. The quantitative estimate of drug-likeness (QED) is 0.851. The van der Waals surface area contributed by atoms with Crippen molar-refractivity contribution in [1.29, 1.82) is 0 Å². The van der Waals surface area contributed by atoms with Gasteiger partial charge in [0.25, 0.3) is 0 Å². The van der Waals surface area contributed by atoms with Crippen LogP contribution in [0.2, 0.25) is 0 Å². The fraction of sp³-hybridized carbons (Fsp3) is 0.462. The van der Waals surface area contributed by atoms with Gasteiger partial charge in [0.15, 0.2) is 0 Å². The minimum absolute atomic E-state index is 0. The lowest BCUT2D eigenvalue weighted by Gasteiger charge is -2.13. The van der Waals surface area contributed by atoms with Gasteiger partial charge in [0.2, 0.25) is 5.91 Å². The number of carbonyl (C=O) groups excluding carboxylic acids is 1. The van der Waals surface area contributed by atoms with Crippen molar-refractivity contribution in [2.75, 3.05) is 11.9 Å². The molecule has 1 aliphatic heterocycles. The first-order valence-electron chi connectivity index (χ1n) is 5.78. The van der Waals surface area contributed by atoms with Crippen LogP contribution in [0.1, 0.15) is 24.0 Å². The number of nitrogens with one attached hydrogen (secondary N) is 2. The first-order chi connectivity index (χ1) is 7.66. The van der Waals surface area contributed by atoms with Crippen LogP contribution in [0.4, 0.5) is 5.69 Å². The topological polar surface area (TPSA) is 41.1 Å². The average Bonchev–Trinajstić information content (AvgIpc) is 2.75. The molecular formula is C13H19ClN2O. The lowest BCUT2D eigenvalue weighted by Crippen LogP contribution is -2.35. The molecule has 1 atom stereocenters. The van der Waals surface area contributed by atoms with Crippen molar-refractivity contribution >= 4 is 24.0 Å². The van der Waals surface area contributed by atoms with Crippen LogP contribution in [0, 0.1) is 13.8 Å². The Hall–Kier alpha value is -1.06. The highest BCUT2D eigenvalue weighted by molar-refractivity contribution is 5.95. The molecule has 1 aromatic carbocycles. The highest BCUT2D eigenvalue weighted by Gasteiger charge is 2.22. The van der Waals surface area contributed by atoms with Crippen LogP contribution in [0.25, 0.3) is 0 Å². The second kappa shape index (κ2) is 6.03. The van der Waals surface area contributed by atoms with E-state index >= 15 is 0 Å². The van der Waals surface area contributed by atoms with Gasteiger partial charge in [0.05, 0.1) is 6.04 Å². The molecule has 0 saturated carbocycles. The molecule has 1 aliphatic rings. The molecule has 0 bridgehead atoms. The van der Waals surface area contributed by atoms with Gasteiger partial charge >= 0.3 is 0 Å². The molecule has 2 rings (SSSR count). The van der Waals surface area contributed by atoms with Crippen LogP contribution in [-0.4, -0.2) is 18.5 Å². The van der Waals surface area contributed by atoms with Crippen LogP contribution < -0.4 is 10.6 Å². The summed E-state index contributed by atoms with van der Waals surface area (Å²) in [6.07, 6.45) is 2.03. The Kier molecular flexibility index (Phi) is 4.97. The number of hydrogen-bond donors (Lipinski definition) is 2. The maximum atomic E-state index is 11.9. The number of anilines is 1. The first kappa shape index (κ1) is 14.0. The second-order valence-electron chi connectivity index (χ2n) is 4.46. The van der Waals surface area contributed by atoms with E-state index < -0.39 is 0 Å². The SMILES string of the molecule is Cc1ccc(NC(=O)C2CCCN2)c(C)c1.Cl. The molecule has 2 N–H and O–H groups in total. The summed E-state index contributed by atoms with van der Waals surface area (Å²) in [5, 5.41) is 6.17. The molecule has 3 nitrogen and oxygen atoms in total. The van der Waals surface area contributed by atoms with Crippen molar-refractivity contribution in [2.24, 2.45) is 0 Å². The van der Waals surface area contributed by atoms with E-state index in [-0.39, 0.29) is 24.4 Å². The summed E-state index contributed by atoms with van der Waals surface area (Å²) in [7, 11) is 0. The third-order valence-corrected chi connectivity index (χ3v) is 3.02. The zero-order chi connectivity index (χ0) is 11.5. The molecule has 94 valence electrons. The summed E-state index contributed by atoms with van der Waals surface area (Å²) in [5.41, 5.74) is 3.25. The molecule has 1 unspecified atom stereocenters. The predicted molar refractivity (Wildman–Crippen MR) is 72.8 cm³/mol. The number of carbonyl (C=O) groups is 1. The van der Waals surface area contributed by atoms with Crippen LogP contribution in [0.3, 0.4) is 0 Å². The zero-order valence-corrected chi connectivity index (χ0v) is 11.1. The number of benzene rings is 1. The van der Waals surface area contributed by atoms with E-state index in [0.717, 1.165) is 30.6 Å². The van der Waals surface area contributed by atoms with E-state index in [4.69, 9.17) is 0 Å². The number of hydrogen-bond acceptors (Lipinski definition) is 2. The molecule has 0 aliphatic carbocycles. The second-order valence-corrected chi connectivity index (χ2v) is 4.46. The normalized spacial score (nSPS) is 18.6. The van der Waals surface area contributed by atoms with Gasteiger partial charge in [-0.2, -0.15) is 0 Å². The predicted octanol–water partition coefficient (Wildman–Crippen LogP) is 2.42. The monoisotopic (exact) mass is 254 g/mol. The molecule has 17 heavy (non-hydrogen) atoms. The third-order valence-electron chi connectivity index (χ3n) is 3.02. The fourth-order valence-electron chi connectivity index (χ4n) is 2.08. The Morgan fingerprint density at radius 2 is 2.18 bits per heavy atom. The Balaban J connectivity index is 0.00000144. The van der Waals surface area contributed by atoms with E-state index in [2.05, 4.69) is 23.6 Å². The Morgan fingerprint density at radius 3 is 2.76 bits per heavy atom. The van der Waals surface area contributed by atoms with Crippen LogP contribution in [0.15, 0.2) is 18.2 Å². The molecule has 1 saturated heterocycles. The molecule has 0 radical (unpaired) electrons. The van der Waals surface area contributed by atoms with E-state index in [9.17, 15) is 4.79 Å². The van der Waals surface area contributed by atoms with Crippen molar-refractivity contribution in [3.63, 3.8) is 0 Å². The number of rotatable bonds is 2. The summed E-state index contributed by atoms with van der Waals surface area (Å²) >= 11 is 0. The van der Waals surface area contributed by atoms with Crippen molar-refractivity contribution in [1.82, 2.24) is 5.32 Å². The summed E-state index contributed by atoms with van der Waals surface area (Å²) in [5.74, 6) is 0.0875. The molecule has 4 heteroatoms. The van der Waals surface area contributed by atoms with Crippen molar-refractivity contribution in [3.8, 4) is 0 Å². The lowest BCUT2D eigenvalue weighted by molar-refractivity contribution is -0.117. The summed E-state index contributed by atoms with van der Waals surface area (Å²) in [6, 6.07) is 6.06. The van der Waals surface area contributed by atoms with Crippen molar-refractivity contribution in [2.45, 2.75) is 32.7 Å². The van der Waals surface area contributed by atoms with Crippen molar-refractivity contribution in [3.05, 3.63) is 29.3 Å². The standard InChI is InChI=1S/C13H18N2O.ClH/c1-9-5-6-11(10(2)8-9)15-13(16)12-4-3-7-14-12;/h5-6,8,12,14H,3-4,7H2,1-2H3,(H,15,16);1H. The zero-order valence-electron chi connectivity index (χ0n) is 10.2. The molecule has 1 aromatic rings. The van der Waals surface area contributed by atoms with Crippen molar-refractivity contribution < 1.29 is 4.79 Å². The average molecular weight is 255 g/mol. The molecule has 1 heterocycles. The van der Waals surface area contributed by atoms with Gasteiger partial charge in [-0.15, -0.1) is 12.4 Å². The number of halogens is 1. The molecule has 0 aromatic heterocycles. The Morgan fingerprint density at radius 1 is 1.41 bits per heavy atom.